The summed E-state index contributed by atoms with van der Waals surface area (Å²) in [6.45, 7) is 8.41. The quantitative estimate of drug-likeness (QED) is 0.644. The highest BCUT2D eigenvalue weighted by Gasteiger charge is 2.24. The molecule has 1 saturated heterocycles. The lowest BCUT2D eigenvalue weighted by atomic mass is 10.0. The highest BCUT2D eigenvalue weighted by Crippen LogP contribution is 2.24. The van der Waals surface area contributed by atoms with Crippen molar-refractivity contribution in [2.75, 3.05) is 38.2 Å². The van der Waals surface area contributed by atoms with Crippen LogP contribution in [0.1, 0.15) is 13.8 Å². The molecule has 0 saturated carbocycles. The van der Waals surface area contributed by atoms with Crippen molar-refractivity contribution in [1.29, 1.82) is 0 Å². The minimum atomic E-state index is -0.346. The Morgan fingerprint density at radius 3 is 2.62 bits per heavy atom. The lowest BCUT2D eigenvalue weighted by Crippen LogP contribution is -2.49. The Kier molecular flexibility index (Phi) is 5.52. The molecule has 1 fully saturated rings. The van der Waals surface area contributed by atoms with Crippen molar-refractivity contribution in [1.82, 2.24) is 4.90 Å². The zero-order valence-electron chi connectivity index (χ0n) is 12.6. The van der Waals surface area contributed by atoms with Crippen molar-refractivity contribution in [3.8, 4) is 0 Å². The number of nitrogens with zero attached hydrogens (tertiary/aromatic N) is 2. The molecule has 1 heterocycles. The Balaban J connectivity index is 2.03. The van der Waals surface area contributed by atoms with Crippen LogP contribution in [0.5, 0.6) is 0 Å². The van der Waals surface area contributed by atoms with Crippen molar-refractivity contribution in [2.45, 2.75) is 19.9 Å². The predicted octanol–water partition coefficient (Wildman–Crippen LogP) is 2.36. The third kappa shape index (κ3) is 4.15. The second-order valence-corrected chi connectivity index (χ2v) is 5.61. The number of para-hydroxylation sites is 2. The van der Waals surface area contributed by atoms with Gasteiger partial charge in [-0.3, -0.25) is 15.0 Å². The van der Waals surface area contributed by atoms with E-state index in [0.717, 1.165) is 26.3 Å². The van der Waals surface area contributed by atoms with Crippen molar-refractivity contribution in [2.24, 2.45) is 5.92 Å². The topological polar surface area (TPSA) is 67.6 Å². The van der Waals surface area contributed by atoms with E-state index in [2.05, 4.69) is 24.1 Å². The number of rotatable bonds is 6. The zero-order valence-corrected chi connectivity index (χ0v) is 12.6. The van der Waals surface area contributed by atoms with Crippen LogP contribution in [0.4, 0.5) is 11.4 Å². The summed E-state index contributed by atoms with van der Waals surface area (Å²) < 4.78 is 5.39. The second-order valence-electron chi connectivity index (χ2n) is 5.61. The van der Waals surface area contributed by atoms with Gasteiger partial charge in [-0.1, -0.05) is 26.0 Å². The fourth-order valence-electron chi connectivity index (χ4n) is 2.69. The molecule has 0 aliphatic carbocycles. The first-order valence-electron chi connectivity index (χ1n) is 7.38. The lowest BCUT2D eigenvalue weighted by molar-refractivity contribution is -0.384. The van der Waals surface area contributed by atoms with E-state index >= 15 is 0 Å². The van der Waals surface area contributed by atoms with E-state index in [-0.39, 0.29) is 10.6 Å². The molecular formula is C15H23N3O3. The third-order valence-corrected chi connectivity index (χ3v) is 3.89. The molecule has 0 bridgehead atoms. The lowest BCUT2D eigenvalue weighted by Gasteiger charge is -2.37. The van der Waals surface area contributed by atoms with E-state index in [1.807, 2.05) is 6.07 Å². The fraction of sp³-hybridized carbons (Fsp3) is 0.600. The number of hydrogen-bond acceptors (Lipinski definition) is 5. The van der Waals surface area contributed by atoms with E-state index in [1.54, 1.807) is 12.1 Å². The summed E-state index contributed by atoms with van der Waals surface area (Å²) in [5.74, 6) is 0.471. The number of ether oxygens (including phenoxy) is 1. The van der Waals surface area contributed by atoms with E-state index in [1.165, 1.54) is 6.07 Å². The molecule has 6 nitrogen and oxygen atoms in total. The first-order chi connectivity index (χ1) is 10.1. The van der Waals surface area contributed by atoms with Crippen LogP contribution in [0.2, 0.25) is 0 Å². The van der Waals surface area contributed by atoms with Gasteiger partial charge in [0, 0.05) is 31.7 Å². The van der Waals surface area contributed by atoms with Crippen LogP contribution < -0.4 is 5.32 Å². The summed E-state index contributed by atoms with van der Waals surface area (Å²) >= 11 is 0. The van der Waals surface area contributed by atoms with Gasteiger partial charge < -0.3 is 10.1 Å². The highest BCUT2D eigenvalue weighted by molar-refractivity contribution is 5.61. The SMILES string of the molecule is CC(C)C(CNc1ccccc1[N+](=O)[O-])N1CCOCC1. The number of nitro benzene ring substituents is 1. The van der Waals surface area contributed by atoms with E-state index in [4.69, 9.17) is 4.74 Å². The van der Waals surface area contributed by atoms with Gasteiger partial charge in [0.05, 0.1) is 18.1 Å². The van der Waals surface area contributed by atoms with Gasteiger partial charge in [0.1, 0.15) is 5.69 Å². The molecule has 1 aliphatic rings. The van der Waals surface area contributed by atoms with E-state index in [9.17, 15) is 10.1 Å². The van der Waals surface area contributed by atoms with Crippen LogP contribution >= 0.6 is 0 Å². The predicted molar refractivity (Wildman–Crippen MR) is 82.6 cm³/mol. The minimum Gasteiger partial charge on any atom is -0.379 e. The maximum absolute atomic E-state index is 11.0. The maximum Gasteiger partial charge on any atom is 0.292 e. The molecule has 0 spiro atoms. The summed E-state index contributed by atoms with van der Waals surface area (Å²) in [6.07, 6.45) is 0. The Morgan fingerprint density at radius 2 is 2.00 bits per heavy atom. The average molecular weight is 293 g/mol. The monoisotopic (exact) mass is 293 g/mol. The van der Waals surface area contributed by atoms with Crippen LogP contribution in [-0.2, 0) is 4.74 Å². The first-order valence-corrected chi connectivity index (χ1v) is 7.38. The third-order valence-electron chi connectivity index (χ3n) is 3.89. The van der Waals surface area contributed by atoms with Crippen LogP contribution in [0.25, 0.3) is 0 Å². The zero-order chi connectivity index (χ0) is 15.2. The normalized spacial score (nSPS) is 17.7. The van der Waals surface area contributed by atoms with Gasteiger partial charge >= 0.3 is 0 Å². The van der Waals surface area contributed by atoms with Crippen LogP contribution in [0, 0.1) is 16.0 Å². The molecular weight excluding hydrogens is 270 g/mol. The molecule has 1 aliphatic heterocycles. The largest absolute Gasteiger partial charge is 0.379 e. The first kappa shape index (κ1) is 15.7. The van der Waals surface area contributed by atoms with Gasteiger partial charge in [-0.25, -0.2) is 0 Å². The van der Waals surface area contributed by atoms with Crippen LogP contribution in [0.3, 0.4) is 0 Å². The number of morpholine rings is 1. The Morgan fingerprint density at radius 1 is 1.33 bits per heavy atom. The van der Waals surface area contributed by atoms with Crippen molar-refractivity contribution >= 4 is 11.4 Å². The summed E-state index contributed by atoms with van der Waals surface area (Å²) in [5, 5.41) is 14.3. The molecule has 2 rings (SSSR count). The Labute approximate surface area is 125 Å². The van der Waals surface area contributed by atoms with Crippen molar-refractivity contribution < 1.29 is 9.66 Å². The molecule has 1 aromatic carbocycles. The summed E-state index contributed by atoms with van der Waals surface area (Å²) in [5.41, 5.74) is 0.711. The van der Waals surface area contributed by atoms with Gasteiger partial charge in [-0.2, -0.15) is 0 Å². The molecule has 0 aromatic heterocycles. The molecule has 1 unspecified atom stereocenters. The number of nitrogens with one attached hydrogen (secondary N) is 1. The Bertz CT molecular complexity index is 473. The fourth-order valence-corrected chi connectivity index (χ4v) is 2.69. The van der Waals surface area contributed by atoms with Gasteiger partial charge in [-0.15, -0.1) is 0 Å². The summed E-state index contributed by atoms with van der Waals surface area (Å²) in [7, 11) is 0. The molecule has 0 amide bonds. The number of nitro groups is 1. The second kappa shape index (κ2) is 7.38. The standard InChI is InChI=1S/C15H23N3O3/c1-12(2)15(17-7-9-21-10-8-17)11-16-13-5-3-4-6-14(13)18(19)20/h3-6,12,15-16H,7-11H2,1-2H3. The number of hydrogen-bond donors (Lipinski definition) is 1. The van der Waals surface area contributed by atoms with Gasteiger partial charge in [0.2, 0.25) is 0 Å². The molecule has 1 N–H and O–H groups in total. The van der Waals surface area contributed by atoms with E-state index < -0.39 is 0 Å². The maximum atomic E-state index is 11.0. The molecule has 1 atom stereocenters. The number of anilines is 1. The average Bonchev–Trinajstić information content (AvgIpc) is 2.48. The summed E-state index contributed by atoms with van der Waals surface area (Å²) in [4.78, 5) is 13.1. The van der Waals surface area contributed by atoms with Gasteiger partial charge in [0.15, 0.2) is 0 Å². The number of benzene rings is 1. The van der Waals surface area contributed by atoms with Gasteiger partial charge in [-0.05, 0) is 12.0 Å². The minimum absolute atomic E-state index is 0.127. The molecule has 0 radical (unpaired) electrons. The molecule has 116 valence electrons. The molecule has 1 aromatic rings. The Hall–Kier alpha value is -1.66. The van der Waals surface area contributed by atoms with Crippen LogP contribution in [0.15, 0.2) is 24.3 Å². The van der Waals surface area contributed by atoms with E-state index in [0.29, 0.717) is 24.2 Å². The van der Waals surface area contributed by atoms with Crippen LogP contribution in [-0.4, -0.2) is 48.7 Å². The van der Waals surface area contributed by atoms with Crippen molar-refractivity contribution in [3.63, 3.8) is 0 Å². The summed E-state index contributed by atoms with van der Waals surface area (Å²) in [6, 6.07) is 7.13. The smallest absolute Gasteiger partial charge is 0.292 e. The highest BCUT2D eigenvalue weighted by atomic mass is 16.6. The van der Waals surface area contributed by atoms with Gasteiger partial charge in [0.25, 0.3) is 5.69 Å². The van der Waals surface area contributed by atoms with Crippen molar-refractivity contribution in [3.05, 3.63) is 34.4 Å². The molecule has 6 heteroatoms. The molecule has 21 heavy (non-hydrogen) atoms.